The third kappa shape index (κ3) is 10.3. The number of hydrogen-bond donors (Lipinski definition) is 3. The lowest BCUT2D eigenvalue weighted by Gasteiger charge is -2.48. The maximum atomic E-state index is 14.3. The summed E-state index contributed by atoms with van der Waals surface area (Å²) >= 11 is 0.804. The minimum atomic E-state index is -3.05. The average molecular weight is 757 g/mol. The molecule has 0 spiro atoms. The zero-order valence-electron chi connectivity index (χ0n) is 28.6. The third-order valence-electron chi connectivity index (χ3n) is 8.75. The molecule has 1 aromatic heterocycles. The minimum Gasteiger partial charge on any atom is -0.463 e. The van der Waals surface area contributed by atoms with E-state index in [1.54, 1.807) is 0 Å². The predicted octanol–water partition coefficient (Wildman–Crippen LogP) is 4.23. The van der Waals surface area contributed by atoms with Gasteiger partial charge in [-0.25, -0.2) is 31.0 Å². The van der Waals surface area contributed by atoms with Crippen molar-refractivity contribution in [3.05, 3.63) is 35.8 Å². The summed E-state index contributed by atoms with van der Waals surface area (Å²) in [6, 6.07) is 0.201. The second-order valence-electron chi connectivity index (χ2n) is 13.3. The Balaban J connectivity index is 1.77. The normalized spacial score (nSPS) is 25.9. The molecule has 2 aromatic rings. The molecule has 1 saturated carbocycles. The van der Waals surface area contributed by atoms with Crippen molar-refractivity contribution in [3.63, 3.8) is 0 Å². The zero-order valence-corrected chi connectivity index (χ0v) is 29.4. The number of nitrogens with one attached hydrogen (secondary N) is 1. The van der Waals surface area contributed by atoms with Crippen molar-refractivity contribution < 1.29 is 65.1 Å². The highest BCUT2D eigenvalue weighted by Gasteiger charge is 2.55. The summed E-state index contributed by atoms with van der Waals surface area (Å²) in [7, 11) is 1.26. The lowest BCUT2D eigenvalue weighted by Crippen LogP contribution is -2.60. The van der Waals surface area contributed by atoms with Crippen molar-refractivity contribution in [2.75, 3.05) is 20.3 Å². The first-order valence-electron chi connectivity index (χ1n) is 16.2. The summed E-state index contributed by atoms with van der Waals surface area (Å²) < 4.78 is 109. The molecule has 2 fully saturated rings. The number of carbonyl (C=O) groups excluding carboxylic acids is 2. The molecule has 1 aliphatic carbocycles. The number of aromatic nitrogens is 3. The number of ether oxygens (including phenoxy) is 4. The number of esters is 2. The molecule has 0 amide bonds. The lowest BCUT2D eigenvalue weighted by atomic mass is 9.80. The van der Waals surface area contributed by atoms with Gasteiger partial charge in [0.2, 0.25) is 5.92 Å². The fourth-order valence-corrected chi connectivity index (χ4v) is 7.74. The molecule has 1 saturated heterocycles. The van der Waals surface area contributed by atoms with Crippen LogP contribution in [0.1, 0.15) is 65.8 Å². The van der Waals surface area contributed by atoms with Gasteiger partial charge in [-0.15, -0.1) is 16.9 Å². The van der Waals surface area contributed by atoms with Crippen molar-refractivity contribution >= 4 is 23.7 Å². The topological polar surface area (TPSA) is 154 Å². The number of thioether (sulfide) groups is 1. The van der Waals surface area contributed by atoms with E-state index in [1.807, 2.05) is 0 Å². The highest BCUT2D eigenvalue weighted by molar-refractivity contribution is 8.00. The summed E-state index contributed by atoms with van der Waals surface area (Å²) in [5.41, 5.74) is -5.06. The van der Waals surface area contributed by atoms with E-state index in [4.69, 9.17) is 18.9 Å². The van der Waals surface area contributed by atoms with Crippen LogP contribution in [0.2, 0.25) is 0 Å². The van der Waals surface area contributed by atoms with Crippen LogP contribution in [0, 0.1) is 17.5 Å². The van der Waals surface area contributed by atoms with E-state index >= 15 is 0 Å². The predicted molar refractivity (Wildman–Crippen MR) is 170 cm³/mol. The first kappa shape index (κ1) is 40.8. The van der Waals surface area contributed by atoms with Crippen LogP contribution < -0.4 is 5.32 Å². The summed E-state index contributed by atoms with van der Waals surface area (Å²) in [5, 5.41) is 32.7. The molecule has 7 atom stereocenters. The Labute approximate surface area is 294 Å². The summed E-state index contributed by atoms with van der Waals surface area (Å²) in [4.78, 5) is 24.2. The number of hydrogen-bond acceptors (Lipinski definition) is 12. The first-order chi connectivity index (χ1) is 23.7. The SMILES string of the molecule is CO[C@@H]1[C@@H](n2cc(-c3cc(F)c(F)c(F)c3)nn2)[C@@H](OC(C)=O)[C@@H](COC(C)=O)O[C@H]1SC(C(O)NCCC(C)(C)F)C1(O)CCC(F)(F)CC1. The van der Waals surface area contributed by atoms with E-state index < -0.39 is 120 Å². The van der Waals surface area contributed by atoms with Crippen LogP contribution in [0.25, 0.3) is 11.3 Å². The molecular formula is C32H42F6N4O8S. The molecule has 0 radical (unpaired) electrons. The Hall–Kier alpha value is -2.97. The number of benzene rings is 1. The number of rotatable bonds is 14. The Morgan fingerprint density at radius 1 is 1.12 bits per heavy atom. The van der Waals surface area contributed by atoms with Gasteiger partial charge in [0, 0.05) is 45.9 Å². The number of methoxy groups -OCH3 is 1. The Morgan fingerprint density at radius 2 is 1.75 bits per heavy atom. The number of carbonyl (C=O) groups is 2. The summed E-state index contributed by atoms with van der Waals surface area (Å²) in [6.07, 6.45) is -6.39. The van der Waals surface area contributed by atoms with Gasteiger partial charge in [0.1, 0.15) is 47.9 Å². The Morgan fingerprint density at radius 3 is 2.29 bits per heavy atom. The van der Waals surface area contributed by atoms with Crippen molar-refractivity contribution in [1.82, 2.24) is 20.3 Å². The smallest absolute Gasteiger partial charge is 0.303 e. The number of nitrogens with zero attached hydrogens (tertiary/aromatic N) is 3. The van der Waals surface area contributed by atoms with Gasteiger partial charge in [-0.3, -0.25) is 14.9 Å². The Bertz CT molecular complexity index is 1500. The summed E-state index contributed by atoms with van der Waals surface area (Å²) in [6.45, 7) is 4.37. The molecule has 51 heavy (non-hydrogen) atoms. The van der Waals surface area contributed by atoms with Gasteiger partial charge in [0.25, 0.3) is 0 Å². The van der Waals surface area contributed by atoms with E-state index in [1.165, 1.54) is 27.2 Å². The van der Waals surface area contributed by atoms with Crippen molar-refractivity contribution in [1.29, 1.82) is 0 Å². The van der Waals surface area contributed by atoms with Crippen molar-refractivity contribution in [2.45, 2.75) is 118 Å². The van der Waals surface area contributed by atoms with Crippen LogP contribution in [0.3, 0.4) is 0 Å². The highest BCUT2D eigenvalue weighted by atomic mass is 32.2. The molecule has 12 nitrogen and oxygen atoms in total. The second kappa shape index (κ2) is 16.4. The molecule has 2 unspecified atom stereocenters. The third-order valence-corrected chi connectivity index (χ3v) is 10.4. The number of halogens is 6. The van der Waals surface area contributed by atoms with Crippen LogP contribution in [0.15, 0.2) is 18.3 Å². The molecule has 19 heteroatoms. The quantitative estimate of drug-likeness (QED) is 0.109. The van der Waals surface area contributed by atoms with Gasteiger partial charge in [0.05, 0.1) is 17.0 Å². The zero-order chi connectivity index (χ0) is 37.9. The molecule has 2 aliphatic rings. The summed E-state index contributed by atoms with van der Waals surface area (Å²) in [5.74, 6) is -9.22. The van der Waals surface area contributed by atoms with Gasteiger partial charge in [0.15, 0.2) is 23.6 Å². The molecular weight excluding hydrogens is 714 g/mol. The van der Waals surface area contributed by atoms with Crippen LogP contribution in [-0.4, -0.2) is 110 Å². The maximum Gasteiger partial charge on any atom is 0.303 e. The van der Waals surface area contributed by atoms with Gasteiger partial charge in [-0.2, -0.15) is 0 Å². The largest absolute Gasteiger partial charge is 0.463 e. The van der Waals surface area contributed by atoms with Gasteiger partial charge < -0.3 is 29.2 Å². The van der Waals surface area contributed by atoms with Gasteiger partial charge >= 0.3 is 11.9 Å². The molecule has 3 N–H and O–H groups in total. The van der Waals surface area contributed by atoms with Gasteiger partial charge in [-0.05, 0) is 45.2 Å². The van der Waals surface area contributed by atoms with Crippen molar-refractivity contribution in [3.8, 4) is 11.3 Å². The van der Waals surface area contributed by atoms with E-state index in [0.29, 0.717) is 12.1 Å². The maximum absolute atomic E-state index is 14.3. The fourth-order valence-electron chi connectivity index (χ4n) is 6.08. The molecule has 1 aromatic carbocycles. The number of aliphatic hydroxyl groups is 2. The van der Waals surface area contributed by atoms with Crippen LogP contribution in [0.4, 0.5) is 26.3 Å². The van der Waals surface area contributed by atoms with E-state index in [-0.39, 0.29) is 24.2 Å². The van der Waals surface area contributed by atoms with E-state index in [9.17, 15) is 46.1 Å². The number of alkyl halides is 3. The average Bonchev–Trinajstić information content (AvgIpc) is 3.52. The Kier molecular flexibility index (Phi) is 13.1. The minimum absolute atomic E-state index is 0.0361. The van der Waals surface area contributed by atoms with Crippen molar-refractivity contribution in [2.24, 2.45) is 0 Å². The molecule has 2 heterocycles. The highest BCUT2D eigenvalue weighted by Crippen LogP contribution is 2.48. The number of aliphatic hydroxyl groups excluding tert-OH is 1. The molecule has 1 aliphatic heterocycles. The molecule has 4 rings (SSSR count). The molecule has 0 bridgehead atoms. The van der Waals surface area contributed by atoms with E-state index in [2.05, 4.69) is 15.6 Å². The standard InChI is InChI=1S/C32H42F6N4O8S/c1-16(43)48-15-22-25(49-17(2)44)24(42-14-21(40-41-42)18-12-19(33)23(35)20(34)13-18)26(47-5)29(50-22)51-27(28(45)39-11-10-30(3,4)36)31(46)6-8-32(37,38)9-7-31/h12-14,22,24-29,39,45-46H,6-11,15H2,1-5H3/t22-,24+,25+,26-,27?,28?,29+/m1/s1. The fraction of sp³-hybridized carbons (Fsp3) is 0.688. The lowest BCUT2D eigenvalue weighted by molar-refractivity contribution is -0.208. The van der Waals surface area contributed by atoms with Crippen LogP contribution in [-0.2, 0) is 28.5 Å². The molecule has 286 valence electrons. The second-order valence-corrected chi connectivity index (χ2v) is 14.6. The van der Waals surface area contributed by atoms with Gasteiger partial charge in [-0.1, -0.05) is 5.21 Å². The van der Waals surface area contributed by atoms with Crippen LogP contribution >= 0.6 is 11.8 Å². The van der Waals surface area contributed by atoms with Crippen LogP contribution in [0.5, 0.6) is 0 Å². The first-order valence-corrected chi connectivity index (χ1v) is 17.1. The van der Waals surface area contributed by atoms with E-state index in [0.717, 1.165) is 30.3 Å². The monoisotopic (exact) mass is 756 g/mol.